The molecular weight excluding hydrogens is 248 g/mol. The molecule has 3 heteroatoms. The fourth-order valence-electron chi connectivity index (χ4n) is 2.03. The molecule has 0 heterocycles. The molecule has 0 aliphatic heterocycles. The van der Waals surface area contributed by atoms with E-state index in [9.17, 15) is 4.79 Å². The van der Waals surface area contributed by atoms with Gasteiger partial charge in [-0.3, -0.25) is 4.79 Å². The van der Waals surface area contributed by atoms with E-state index in [1.807, 2.05) is 18.2 Å². The number of hydrogen-bond donors (Lipinski definition) is 1. The van der Waals surface area contributed by atoms with Crippen LogP contribution in [-0.4, -0.2) is 12.5 Å². The van der Waals surface area contributed by atoms with E-state index in [1.165, 1.54) is 11.1 Å². The Labute approximate surface area is 118 Å². The van der Waals surface area contributed by atoms with Crippen LogP contribution >= 0.6 is 0 Å². The fourth-order valence-corrected chi connectivity index (χ4v) is 2.03. The highest BCUT2D eigenvalue weighted by atomic mass is 16.1. The third-order valence-corrected chi connectivity index (χ3v) is 3.20. The summed E-state index contributed by atoms with van der Waals surface area (Å²) in [6.07, 6.45) is 0.802. The molecule has 1 N–H and O–H groups in total. The molecule has 0 unspecified atom stereocenters. The predicted molar refractivity (Wildman–Crippen MR) is 78.4 cm³/mol. The van der Waals surface area contributed by atoms with Crippen molar-refractivity contribution in [3.63, 3.8) is 0 Å². The van der Waals surface area contributed by atoms with E-state index in [1.54, 1.807) is 24.3 Å². The van der Waals surface area contributed by atoms with Crippen molar-refractivity contribution in [2.24, 2.45) is 0 Å². The fraction of sp³-hybridized carbons (Fsp3) is 0.176. The molecule has 2 aromatic carbocycles. The molecule has 0 atom stereocenters. The van der Waals surface area contributed by atoms with E-state index < -0.39 is 0 Å². The van der Waals surface area contributed by atoms with E-state index in [2.05, 4.69) is 24.4 Å². The van der Waals surface area contributed by atoms with Crippen LogP contribution in [0.3, 0.4) is 0 Å². The molecule has 3 nitrogen and oxygen atoms in total. The Hall–Kier alpha value is -2.60. The Morgan fingerprint density at radius 2 is 2.00 bits per heavy atom. The van der Waals surface area contributed by atoms with Crippen molar-refractivity contribution in [2.75, 3.05) is 6.54 Å². The number of carbonyl (C=O) groups is 1. The summed E-state index contributed by atoms with van der Waals surface area (Å²) in [6.45, 7) is 2.65. The normalized spacial score (nSPS) is 9.80. The van der Waals surface area contributed by atoms with Crippen molar-refractivity contribution in [1.29, 1.82) is 5.26 Å². The summed E-state index contributed by atoms with van der Waals surface area (Å²) >= 11 is 0. The lowest BCUT2D eigenvalue weighted by Crippen LogP contribution is -2.25. The molecule has 20 heavy (non-hydrogen) atoms. The summed E-state index contributed by atoms with van der Waals surface area (Å²) in [5.41, 5.74) is 3.48. The first-order valence-corrected chi connectivity index (χ1v) is 6.53. The summed E-state index contributed by atoms with van der Waals surface area (Å²) in [4.78, 5) is 12.0. The first kappa shape index (κ1) is 13.8. The van der Waals surface area contributed by atoms with Gasteiger partial charge in [0.2, 0.25) is 0 Å². The highest BCUT2D eigenvalue weighted by Gasteiger charge is 2.06. The van der Waals surface area contributed by atoms with Crippen molar-refractivity contribution in [3.8, 4) is 6.07 Å². The molecule has 0 radical (unpaired) electrons. The second-order valence-corrected chi connectivity index (χ2v) is 4.62. The molecular formula is C17H16N2O. The molecule has 0 saturated carbocycles. The summed E-state index contributed by atoms with van der Waals surface area (Å²) in [5, 5.41) is 11.7. The average molecular weight is 264 g/mol. The topological polar surface area (TPSA) is 52.9 Å². The van der Waals surface area contributed by atoms with Gasteiger partial charge < -0.3 is 5.32 Å². The zero-order chi connectivity index (χ0) is 14.4. The van der Waals surface area contributed by atoms with Gasteiger partial charge in [-0.15, -0.1) is 0 Å². The zero-order valence-corrected chi connectivity index (χ0v) is 11.4. The summed E-state index contributed by atoms with van der Waals surface area (Å²) < 4.78 is 0. The minimum Gasteiger partial charge on any atom is -0.352 e. The number of benzene rings is 2. The number of nitrogens with zero attached hydrogens (tertiary/aromatic N) is 1. The molecule has 100 valence electrons. The largest absolute Gasteiger partial charge is 0.352 e. The van der Waals surface area contributed by atoms with Crippen molar-refractivity contribution in [1.82, 2.24) is 5.32 Å². The zero-order valence-electron chi connectivity index (χ0n) is 11.4. The maximum atomic E-state index is 12.0. The number of rotatable bonds is 4. The van der Waals surface area contributed by atoms with E-state index in [4.69, 9.17) is 5.26 Å². The van der Waals surface area contributed by atoms with Gasteiger partial charge in [0.25, 0.3) is 5.91 Å². The van der Waals surface area contributed by atoms with Gasteiger partial charge in [0.15, 0.2) is 0 Å². The number of amides is 1. The number of aryl methyl sites for hydroxylation is 1. The van der Waals surface area contributed by atoms with Crippen molar-refractivity contribution in [2.45, 2.75) is 13.3 Å². The van der Waals surface area contributed by atoms with Crippen LogP contribution in [0.5, 0.6) is 0 Å². The van der Waals surface area contributed by atoms with Crippen LogP contribution in [0, 0.1) is 18.3 Å². The van der Waals surface area contributed by atoms with Crippen molar-refractivity contribution >= 4 is 5.91 Å². The molecule has 0 spiro atoms. The van der Waals surface area contributed by atoms with Gasteiger partial charge in [0.1, 0.15) is 0 Å². The monoisotopic (exact) mass is 264 g/mol. The maximum Gasteiger partial charge on any atom is 0.251 e. The molecule has 0 bridgehead atoms. The standard InChI is InChI=1S/C17H16N2O/c1-13-5-2-3-7-15(13)9-10-19-17(20)16-8-4-6-14(11-16)12-18/h2-8,11H,9-10H2,1H3,(H,19,20). The lowest BCUT2D eigenvalue weighted by molar-refractivity contribution is 0.0954. The average Bonchev–Trinajstić information content (AvgIpc) is 2.49. The smallest absolute Gasteiger partial charge is 0.251 e. The number of nitriles is 1. The van der Waals surface area contributed by atoms with Gasteiger partial charge in [-0.25, -0.2) is 0 Å². The minimum absolute atomic E-state index is 0.143. The Bertz CT molecular complexity index is 656. The number of hydrogen-bond acceptors (Lipinski definition) is 2. The Balaban J connectivity index is 1.93. The van der Waals surface area contributed by atoms with E-state index in [-0.39, 0.29) is 5.91 Å². The van der Waals surface area contributed by atoms with Gasteiger partial charge in [-0.1, -0.05) is 30.3 Å². The van der Waals surface area contributed by atoms with Crippen LogP contribution in [0.1, 0.15) is 27.0 Å². The molecule has 0 aliphatic carbocycles. The van der Waals surface area contributed by atoms with Crippen LogP contribution in [-0.2, 0) is 6.42 Å². The van der Waals surface area contributed by atoms with Crippen LogP contribution in [0.25, 0.3) is 0 Å². The van der Waals surface area contributed by atoms with E-state index in [0.717, 1.165) is 6.42 Å². The molecule has 0 aliphatic rings. The van der Waals surface area contributed by atoms with E-state index >= 15 is 0 Å². The van der Waals surface area contributed by atoms with E-state index in [0.29, 0.717) is 17.7 Å². The van der Waals surface area contributed by atoms with Gasteiger partial charge in [-0.05, 0) is 42.7 Å². The predicted octanol–water partition coefficient (Wildman–Crippen LogP) is 2.84. The van der Waals surface area contributed by atoms with Crippen molar-refractivity contribution < 1.29 is 4.79 Å². The van der Waals surface area contributed by atoms with Gasteiger partial charge in [0.05, 0.1) is 11.6 Å². The van der Waals surface area contributed by atoms with Crippen LogP contribution in [0.2, 0.25) is 0 Å². The summed E-state index contributed by atoms with van der Waals surface area (Å²) in [7, 11) is 0. The molecule has 2 aromatic rings. The minimum atomic E-state index is -0.143. The van der Waals surface area contributed by atoms with Crippen LogP contribution < -0.4 is 5.32 Å². The maximum absolute atomic E-state index is 12.0. The molecule has 0 saturated heterocycles. The SMILES string of the molecule is Cc1ccccc1CCNC(=O)c1cccc(C#N)c1. The quantitative estimate of drug-likeness (QED) is 0.923. The first-order chi connectivity index (χ1) is 9.70. The Morgan fingerprint density at radius 1 is 1.20 bits per heavy atom. The van der Waals surface area contributed by atoms with Crippen LogP contribution in [0.4, 0.5) is 0 Å². The third-order valence-electron chi connectivity index (χ3n) is 3.20. The lowest BCUT2D eigenvalue weighted by atomic mass is 10.1. The number of carbonyl (C=O) groups excluding carboxylic acids is 1. The highest BCUT2D eigenvalue weighted by Crippen LogP contribution is 2.07. The van der Waals surface area contributed by atoms with Gasteiger partial charge in [-0.2, -0.15) is 5.26 Å². The van der Waals surface area contributed by atoms with Gasteiger partial charge >= 0.3 is 0 Å². The van der Waals surface area contributed by atoms with Gasteiger partial charge in [0, 0.05) is 12.1 Å². The second kappa shape index (κ2) is 6.53. The summed E-state index contributed by atoms with van der Waals surface area (Å²) in [6, 6.07) is 16.9. The number of nitrogens with one attached hydrogen (secondary N) is 1. The Morgan fingerprint density at radius 3 is 2.75 bits per heavy atom. The second-order valence-electron chi connectivity index (χ2n) is 4.62. The molecule has 0 aromatic heterocycles. The summed E-state index contributed by atoms with van der Waals surface area (Å²) in [5.74, 6) is -0.143. The Kier molecular flexibility index (Phi) is 4.52. The highest BCUT2D eigenvalue weighted by molar-refractivity contribution is 5.94. The van der Waals surface area contributed by atoms with Crippen LogP contribution in [0.15, 0.2) is 48.5 Å². The molecule has 1 amide bonds. The first-order valence-electron chi connectivity index (χ1n) is 6.53. The molecule has 2 rings (SSSR count). The lowest BCUT2D eigenvalue weighted by Gasteiger charge is -2.07. The molecule has 0 fully saturated rings. The third kappa shape index (κ3) is 3.46. The van der Waals surface area contributed by atoms with Crippen molar-refractivity contribution in [3.05, 3.63) is 70.8 Å².